The number of furan rings is 1. The van der Waals surface area contributed by atoms with E-state index in [1.807, 2.05) is 43.3 Å². The highest BCUT2D eigenvalue weighted by molar-refractivity contribution is 9.10. The summed E-state index contributed by atoms with van der Waals surface area (Å²) in [6, 6.07) is 16.0. The number of benzene rings is 2. The van der Waals surface area contributed by atoms with Gasteiger partial charge < -0.3 is 18.6 Å². The normalized spacial score (nSPS) is 15.0. The van der Waals surface area contributed by atoms with Crippen molar-refractivity contribution in [2.24, 2.45) is 4.99 Å². The van der Waals surface area contributed by atoms with Crippen LogP contribution in [0.3, 0.4) is 0 Å². The molecule has 2 aromatic heterocycles. The van der Waals surface area contributed by atoms with E-state index in [4.69, 9.17) is 23.6 Å². The van der Waals surface area contributed by atoms with Gasteiger partial charge in [0, 0.05) is 21.7 Å². The number of fused-ring (bicyclic) bond motifs is 1. The van der Waals surface area contributed by atoms with Gasteiger partial charge in [-0.3, -0.25) is 9.36 Å². The topological polar surface area (TPSA) is 92.3 Å². The van der Waals surface area contributed by atoms with Crippen LogP contribution in [0.5, 0.6) is 11.5 Å². The zero-order valence-corrected chi connectivity index (χ0v) is 25.5. The van der Waals surface area contributed by atoms with Crippen LogP contribution >= 0.6 is 27.3 Å². The van der Waals surface area contributed by atoms with Gasteiger partial charge in [-0.2, -0.15) is 0 Å². The van der Waals surface area contributed by atoms with Crippen molar-refractivity contribution in [1.82, 2.24) is 4.57 Å². The second-order valence-electron chi connectivity index (χ2n) is 9.23. The van der Waals surface area contributed by atoms with Crippen LogP contribution in [-0.4, -0.2) is 31.4 Å². The molecule has 0 saturated carbocycles. The van der Waals surface area contributed by atoms with E-state index < -0.39 is 12.0 Å². The van der Waals surface area contributed by atoms with Crippen molar-refractivity contribution in [3.63, 3.8) is 0 Å². The maximum atomic E-state index is 14.0. The molecule has 1 aliphatic rings. The third-order valence-corrected chi connectivity index (χ3v) is 8.16. The predicted molar refractivity (Wildman–Crippen MR) is 161 cm³/mol. The fourth-order valence-corrected chi connectivity index (χ4v) is 6.06. The molecule has 0 bridgehead atoms. The molecule has 1 atom stereocenters. The Hall–Kier alpha value is -3.89. The number of thiazole rings is 1. The monoisotopic (exact) mass is 636 g/mol. The number of esters is 1. The molecule has 0 radical (unpaired) electrons. The number of methoxy groups -OCH3 is 2. The Balaban J connectivity index is 1.72. The van der Waals surface area contributed by atoms with Gasteiger partial charge in [-0.05, 0) is 55.8 Å². The third-order valence-electron chi connectivity index (χ3n) is 6.65. The van der Waals surface area contributed by atoms with Gasteiger partial charge in [-0.25, -0.2) is 9.79 Å². The zero-order chi connectivity index (χ0) is 29.1. The molecule has 212 valence electrons. The summed E-state index contributed by atoms with van der Waals surface area (Å²) in [5.74, 6) is 1.77. The molecule has 5 rings (SSSR count). The largest absolute Gasteiger partial charge is 0.497 e. The first kappa shape index (κ1) is 28.6. The van der Waals surface area contributed by atoms with Crippen LogP contribution < -0.4 is 24.4 Å². The molecule has 0 aliphatic carbocycles. The molecule has 0 N–H and O–H groups in total. The van der Waals surface area contributed by atoms with Crippen molar-refractivity contribution >= 4 is 39.3 Å². The number of halogens is 1. The summed E-state index contributed by atoms with van der Waals surface area (Å²) in [5.41, 5.74) is 2.12. The van der Waals surface area contributed by atoms with Gasteiger partial charge in [0.25, 0.3) is 5.56 Å². The maximum absolute atomic E-state index is 14.0. The molecule has 0 saturated heterocycles. The quantitative estimate of drug-likeness (QED) is 0.222. The van der Waals surface area contributed by atoms with Crippen LogP contribution in [0.2, 0.25) is 0 Å². The van der Waals surface area contributed by atoms with Crippen LogP contribution in [0, 0.1) is 0 Å². The Kier molecular flexibility index (Phi) is 8.60. The van der Waals surface area contributed by atoms with E-state index in [0.717, 1.165) is 16.5 Å². The average molecular weight is 638 g/mol. The van der Waals surface area contributed by atoms with E-state index in [1.54, 1.807) is 45.4 Å². The first-order valence-corrected chi connectivity index (χ1v) is 14.8. The van der Waals surface area contributed by atoms with Gasteiger partial charge in [0.05, 0.1) is 36.6 Å². The second kappa shape index (κ2) is 12.3. The highest BCUT2D eigenvalue weighted by Gasteiger charge is 2.36. The Labute approximate surface area is 249 Å². The van der Waals surface area contributed by atoms with Crippen LogP contribution in [0.25, 0.3) is 17.4 Å². The van der Waals surface area contributed by atoms with Crippen molar-refractivity contribution < 1.29 is 23.4 Å². The Morgan fingerprint density at radius 2 is 1.88 bits per heavy atom. The van der Waals surface area contributed by atoms with E-state index in [-0.39, 0.29) is 12.2 Å². The van der Waals surface area contributed by atoms with Gasteiger partial charge in [-0.1, -0.05) is 52.7 Å². The van der Waals surface area contributed by atoms with Gasteiger partial charge in [0.15, 0.2) is 4.80 Å². The number of aromatic nitrogens is 1. The van der Waals surface area contributed by atoms with Crippen molar-refractivity contribution in [2.45, 2.75) is 32.7 Å². The van der Waals surface area contributed by atoms with Crippen LogP contribution in [0.1, 0.15) is 44.1 Å². The summed E-state index contributed by atoms with van der Waals surface area (Å²) in [4.78, 5) is 32.8. The number of carbonyl (C=O) groups is 1. The van der Waals surface area contributed by atoms with Crippen LogP contribution in [0.15, 0.2) is 84.5 Å². The predicted octanol–water partition coefficient (Wildman–Crippen LogP) is 5.62. The van der Waals surface area contributed by atoms with E-state index in [1.165, 1.54) is 15.9 Å². The van der Waals surface area contributed by atoms with Gasteiger partial charge in [0.2, 0.25) is 0 Å². The van der Waals surface area contributed by atoms with Gasteiger partial charge in [-0.15, -0.1) is 0 Å². The number of rotatable bonds is 9. The maximum Gasteiger partial charge on any atom is 0.338 e. The lowest BCUT2D eigenvalue weighted by molar-refractivity contribution is -0.139. The molecule has 41 heavy (non-hydrogen) atoms. The summed E-state index contributed by atoms with van der Waals surface area (Å²) in [6.07, 6.45) is 3.00. The van der Waals surface area contributed by atoms with Crippen molar-refractivity contribution in [3.05, 3.63) is 101 Å². The second-order valence-corrected chi connectivity index (χ2v) is 11.2. The molecule has 0 spiro atoms. The zero-order valence-electron chi connectivity index (χ0n) is 23.1. The third kappa shape index (κ3) is 5.67. The number of ether oxygens (including phenoxy) is 3. The molecule has 1 aliphatic heterocycles. The van der Waals surface area contributed by atoms with Crippen molar-refractivity contribution in [3.8, 4) is 22.8 Å². The van der Waals surface area contributed by atoms with E-state index in [9.17, 15) is 9.59 Å². The summed E-state index contributed by atoms with van der Waals surface area (Å²) in [6.45, 7) is 3.95. The molecule has 10 heteroatoms. The lowest BCUT2D eigenvalue weighted by Gasteiger charge is -2.27. The Morgan fingerprint density at radius 1 is 1.10 bits per heavy atom. The molecule has 0 unspecified atom stereocenters. The molecule has 8 nitrogen and oxygen atoms in total. The summed E-state index contributed by atoms with van der Waals surface area (Å²) in [7, 11) is 3.11. The van der Waals surface area contributed by atoms with E-state index in [0.29, 0.717) is 55.6 Å². The van der Waals surface area contributed by atoms with Crippen LogP contribution in [-0.2, 0) is 9.53 Å². The first-order chi connectivity index (χ1) is 19.9. The fraction of sp³-hybridized carbons (Fsp3) is 0.258. The minimum Gasteiger partial charge on any atom is -0.497 e. The van der Waals surface area contributed by atoms with Gasteiger partial charge >= 0.3 is 5.97 Å². The van der Waals surface area contributed by atoms with Crippen molar-refractivity contribution in [2.75, 3.05) is 20.8 Å². The minimum atomic E-state index is -0.825. The number of hydrogen-bond acceptors (Lipinski definition) is 8. The molecule has 0 fully saturated rings. The standard InChI is InChI=1S/C31H29BrN2O6S/c1-5-7-23-27(30(36)39-6-2)28(22-16-20(37-3)12-15-25(22)38-4)34-29(35)26(41-31(34)33-23)17-21-13-14-24(40-21)18-8-10-19(32)11-9-18/h8-17,28H,5-7H2,1-4H3/b26-17-/t28-/m1/s1. The van der Waals surface area contributed by atoms with Gasteiger partial charge in [0.1, 0.15) is 29.1 Å². The molecule has 2 aromatic carbocycles. The number of carbonyl (C=O) groups excluding carboxylic acids is 1. The van der Waals surface area contributed by atoms with Crippen LogP contribution in [0.4, 0.5) is 0 Å². The lowest BCUT2D eigenvalue weighted by atomic mass is 9.93. The molecule has 0 amide bonds. The molecule has 4 aromatic rings. The Bertz CT molecular complexity index is 1800. The van der Waals surface area contributed by atoms with Crippen molar-refractivity contribution in [1.29, 1.82) is 0 Å². The number of nitrogens with zero attached hydrogens (tertiary/aromatic N) is 2. The number of allylic oxidation sites excluding steroid dienone is 1. The molecule has 3 heterocycles. The van der Waals surface area contributed by atoms with E-state index in [2.05, 4.69) is 15.9 Å². The SMILES string of the molecule is CCCC1=C(C(=O)OCC)[C@@H](c2cc(OC)ccc2OC)n2c(s/c(=C\c3ccc(-c4ccc(Br)cc4)o3)c2=O)=N1. The van der Waals surface area contributed by atoms with E-state index >= 15 is 0 Å². The lowest BCUT2D eigenvalue weighted by Crippen LogP contribution is -2.40. The summed E-state index contributed by atoms with van der Waals surface area (Å²) < 4.78 is 25.7. The summed E-state index contributed by atoms with van der Waals surface area (Å²) in [5, 5.41) is 0. The molecular weight excluding hydrogens is 608 g/mol. The smallest absolute Gasteiger partial charge is 0.338 e. The molecular formula is C31H29BrN2O6S. The highest BCUT2D eigenvalue weighted by atomic mass is 79.9. The number of hydrogen-bond donors (Lipinski definition) is 0. The average Bonchev–Trinajstić information content (AvgIpc) is 3.56. The Morgan fingerprint density at radius 3 is 2.56 bits per heavy atom. The first-order valence-electron chi connectivity index (χ1n) is 13.2. The minimum absolute atomic E-state index is 0.188. The fourth-order valence-electron chi connectivity index (χ4n) is 4.80. The highest BCUT2D eigenvalue weighted by Crippen LogP contribution is 2.38. The summed E-state index contributed by atoms with van der Waals surface area (Å²) >= 11 is 4.69.